The van der Waals surface area contributed by atoms with Gasteiger partial charge in [0.1, 0.15) is 0 Å². The summed E-state index contributed by atoms with van der Waals surface area (Å²) in [6.07, 6.45) is 32.6. The van der Waals surface area contributed by atoms with Crippen molar-refractivity contribution in [3.8, 4) is 0 Å². The van der Waals surface area contributed by atoms with Crippen LogP contribution in [0, 0.1) is 17.3 Å². The van der Waals surface area contributed by atoms with E-state index in [9.17, 15) is 9.59 Å². The van der Waals surface area contributed by atoms with Gasteiger partial charge in [-0.05, 0) is 98.6 Å². The van der Waals surface area contributed by atoms with Crippen molar-refractivity contribution in [1.29, 1.82) is 0 Å². The predicted octanol–water partition coefficient (Wildman–Crippen LogP) is 16.7. The average molecular weight is 960 g/mol. The zero-order chi connectivity index (χ0) is 50.4. The van der Waals surface area contributed by atoms with Gasteiger partial charge in [-0.15, -0.1) is 0 Å². The fourth-order valence-electron chi connectivity index (χ4n) is 11.7. The van der Waals surface area contributed by atoms with Crippen LogP contribution in [-0.2, 0) is 25.5 Å². The topological polar surface area (TPSA) is 83.1 Å². The maximum absolute atomic E-state index is 13.0. The summed E-state index contributed by atoms with van der Waals surface area (Å²) >= 11 is 0. The van der Waals surface area contributed by atoms with Gasteiger partial charge in [-0.3, -0.25) is 9.59 Å². The van der Waals surface area contributed by atoms with Gasteiger partial charge < -0.3 is 29.9 Å². The number of methoxy groups -OCH3 is 2. The highest BCUT2D eigenvalue weighted by atomic mass is 16.5. The van der Waals surface area contributed by atoms with Gasteiger partial charge in [0.05, 0.1) is 12.2 Å². The monoisotopic (exact) mass is 959 g/mol. The third-order valence-electron chi connectivity index (χ3n) is 15.5. The molecule has 2 aromatic carbocycles. The van der Waals surface area contributed by atoms with E-state index in [1.54, 1.807) is 13.8 Å². The van der Waals surface area contributed by atoms with Crippen molar-refractivity contribution in [3.63, 3.8) is 0 Å². The number of anilines is 4. The van der Waals surface area contributed by atoms with Gasteiger partial charge in [0.15, 0.2) is 0 Å². The number of benzene rings is 2. The Balaban J connectivity index is 0.00000622. The maximum atomic E-state index is 13.0. The smallest absolute Gasteiger partial charge is 0.221 e. The Kier molecular flexibility index (Phi) is 29.9. The Morgan fingerprint density at radius 3 is 1.36 bits per heavy atom. The van der Waals surface area contributed by atoms with Crippen LogP contribution in [0.15, 0.2) is 36.4 Å². The van der Waals surface area contributed by atoms with Crippen molar-refractivity contribution in [3.05, 3.63) is 47.5 Å². The van der Waals surface area contributed by atoms with Crippen molar-refractivity contribution < 1.29 is 19.1 Å². The first kappa shape index (κ1) is 60.2. The molecule has 0 heterocycles. The van der Waals surface area contributed by atoms with E-state index < -0.39 is 0 Å². The van der Waals surface area contributed by atoms with Gasteiger partial charge in [0.2, 0.25) is 11.8 Å². The molecule has 394 valence electrons. The predicted molar refractivity (Wildman–Crippen MR) is 299 cm³/mol. The highest BCUT2D eigenvalue weighted by Gasteiger charge is 2.84. The molecule has 2 N–H and O–H groups in total. The van der Waals surface area contributed by atoms with Crippen LogP contribution in [-0.4, -0.2) is 64.4 Å². The Labute approximate surface area is 425 Å². The maximum Gasteiger partial charge on any atom is 0.221 e. The van der Waals surface area contributed by atoms with Crippen LogP contribution >= 0.6 is 0 Å². The quantitative estimate of drug-likeness (QED) is 0.0650. The Morgan fingerprint density at radius 2 is 0.957 bits per heavy atom. The SMILES string of the molecule is CC.CCCCCCCCN(CCCCCCCC)c1ccc(CC2C(OC)C23C(CC(C)OC)C3c2ccc(N(CCCCCCCC)CCCCCCCC)cc2NC(C)=O)c(NC(C)=O)c1. The molecule has 0 radical (unpaired) electrons. The third-order valence-corrected chi connectivity index (χ3v) is 15.5. The minimum absolute atomic E-state index is 0.0361. The molecule has 2 amide bonds. The first-order chi connectivity index (χ1) is 33.6. The lowest BCUT2D eigenvalue weighted by Crippen LogP contribution is -2.26. The first-order valence-electron chi connectivity index (χ1n) is 29.0. The molecule has 8 nitrogen and oxygen atoms in total. The number of unbranched alkanes of at least 4 members (excludes halogenated alkanes) is 20. The van der Waals surface area contributed by atoms with Crippen LogP contribution in [0.5, 0.6) is 0 Å². The minimum atomic E-state index is -0.0826. The van der Waals surface area contributed by atoms with Crippen molar-refractivity contribution >= 4 is 34.6 Å². The van der Waals surface area contributed by atoms with Crippen molar-refractivity contribution in [1.82, 2.24) is 0 Å². The second-order valence-electron chi connectivity index (χ2n) is 20.9. The van der Waals surface area contributed by atoms with Crippen molar-refractivity contribution in [2.75, 3.05) is 60.8 Å². The zero-order valence-electron chi connectivity index (χ0n) is 46.6. The number of amides is 2. The third kappa shape index (κ3) is 19.4. The molecule has 1 spiro atoms. The number of carbonyl (C=O) groups is 2. The molecular formula is C61H106N4O4. The summed E-state index contributed by atoms with van der Waals surface area (Å²) in [4.78, 5) is 31.1. The molecule has 8 heteroatoms. The lowest BCUT2D eigenvalue weighted by Gasteiger charge is -2.27. The molecule has 6 atom stereocenters. The molecular weight excluding hydrogens is 853 g/mol. The number of hydrogen-bond donors (Lipinski definition) is 2. The number of hydrogen-bond acceptors (Lipinski definition) is 6. The first-order valence-corrected chi connectivity index (χ1v) is 29.0. The van der Waals surface area contributed by atoms with Crippen LogP contribution < -0.4 is 20.4 Å². The van der Waals surface area contributed by atoms with E-state index in [1.165, 1.54) is 177 Å². The molecule has 2 aliphatic rings. The van der Waals surface area contributed by atoms with Crippen LogP contribution in [0.1, 0.15) is 240 Å². The second-order valence-corrected chi connectivity index (χ2v) is 20.9. The van der Waals surface area contributed by atoms with E-state index >= 15 is 0 Å². The lowest BCUT2D eigenvalue weighted by molar-refractivity contribution is -0.115. The molecule has 0 aromatic heterocycles. The van der Waals surface area contributed by atoms with Crippen molar-refractivity contribution in [2.45, 2.75) is 247 Å². The fraction of sp³-hybridized carbons (Fsp3) is 0.770. The fourth-order valence-corrected chi connectivity index (χ4v) is 11.7. The normalized spacial score (nSPS) is 19.5. The molecule has 0 aliphatic heterocycles. The number of nitrogens with one attached hydrogen (secondary N) is 2. The molecule has 2 saturated carbocycles. The Morgan fingerprint density at radius 1 is 0.565 bits per heavy atom. The molecule has 6 unspecified atom stereocenters. The summed E-state index contributed by atoms with van der Waals surface area (Å²) in [6.45, 7) is 22.8. The van der Waals surface area contributed by atoms with Gasteiger partial charge in [-0.25, -0.2) is 0 Å². The highest BCUT2D eigenvalue weighted by molar-refractivity contribution is 5.91. The molecule has 2 aliphatic carbocycles. The summed E-state index contributed by atoms with van der Waals surface area (Å²) in [6, 6.07) is 13.8. The molecule has 2 fully saturated rings. The van der Waals surface area contributed by atoms with Gasteiger partial charge in [0.25, 0.3) is 0 Å². The number of ether oxygens (including phenoxy) is 2. The van der Waals surface area contributed by atoms with E-state index in [4.69, 9.17) is 9.47 Å². The van der Waals surface area contributed by atoms with Crippen molar-refractivity contribution in [2.24, 2.45) is 17.3 Å². The van der Waals surface area contributed by atoms with Gasteiger partial charge in [-0.1, -0.05) is 182 Å². The van der Waals surface area contributed by atoms with Crippen LogP contribution in [0.2, 0.25) is 0 Å². The number of rotatable bonds is 39. The Bertz CT molecular complexity index is 1670. The molecule has 4 rings (SSSR count). The van der Waals surface area contributed by atoms with E-state index in [0.29, 0.717) is 5.92 Å². The van der Waals surface area contributed by atoms with Gasteiger partial charge >= 0.3 is 0 Å². The summed E-state index contributed by atoms with van der Waals surface area (Å²) in [7, 11) is 3.69. The van der Waals surface area contributed by atoms with E-state index in [1.807, 2.05) is 28.1 Å². The number of nitrogens with zero attached hydrogens (tertiary/aromatic N) is 2. The minimum Gasteiger partial charge on any atom is -0.382 e. The highest BCUT2D eigenvalue weighted by Crippen LogP contribution is 2.85. The molecule has 2 aromatic rings. The standard InChI is InChI=1S/C59H100N4O4.C2H6/c1-10-14-18-22-26-30-38-62(39-31-27-23-19-15-11-2)50-35-34-49(55(44-50)60-47(6)64)43-54-58(67-9)59(54)53(42-46(5)66-8)57(59)52-37-36-51(45-56(52)61-48(7)65)63(40-32-28-24-20-16-12-3)41-33-29-25-21-17-13-4;1-2/h34-37,44-46,53-54,57-58H,10-33,38-43H2,1-9H3,(H,60,64)(H,61,65);1-2H3. The zero-order valence-corrected chi connectivity index (χ0v) is 46.6. The lowest BCUT2D eigenvalue weighted by atomic mass is 10.00. The van der Waals surface area contributed by atoms with E-state index in [2.05, 4.69) is 91.5 Å². The van der Waals surface area contributed by atoms with Crippen LogP contribution in [0.25, 0.3) is 0 Å². The van der Waals surface area contributed by atoms with E-state index in [0.717, 1.165) is 50.4 Å². The number of carbonyl (C=O) groups excluding carboxylic acids is 2. The summed E-state index contributed by atoms with van der Waals surface area (Å²) < 4.78 is 12.4. The summed E-state index contributed by atoms with van der Waals surface area (Å²) in [5, 5.41) is 6.61. The van der Waals surface area contributed by atoms with Crippen LogP contribution in [0.3, 0.4) is 0 Å². The molecule has 69 heavy (non-hydrogen) atoms. The van der Waals surface area contributed by atoms with E-state index in [-0.39, 0.29) is 41.3 Å². The Hall–Kier alpha value is -3.10. The molecule has 0 saturated heterocycles. The average Bonchev–Trinajstić information content (AvgIpc) is 4.19. The van der Waals surface area contributed by atoms with Crippen LogP contribution in [0.4, 0.5) is 22.7 Å². The summed E-state index contributed by atoms with van der Waals surface area (Å²) in [5.41, 5.74) is 6.59. The molecule has 0 bridgehead atoms. The summed E-state index contributed by atoms with van der Waals surface area (Å²) in [5.74, 6) is 0.746. The second kappa shape index (κ2) is 34.3. The largest absolute Gasteiger partial charge is 0.382 e. The van der Waals surface area contributed by atoms with Gasteiger partial charge in [-0.2, -0.15) is 0 Å². The van der Waals surface area contributed by atoms with Gasteiger partial charge in [0, 0.05) is 82.4 Å².